The second-order valence-electron chi connectivity index (χ2n) is 9.91. The van der Waals surface area contributed by atoms with Crippen molar-refractivity contribution in [3.05, 3.63) is 23.4 Å². The summed E-state index contributed by atoms with van der Waals surface area (Å²) in [6.07, 6.45) is 7.40. The monoisotopic (exact) mass is 432 g/mol. The third-order valence-electron chi connectivity index (χ3n) is 8.81. The summed E-state index contributed by atoms with van der Waals surface area (Å²) >= 11 is 0. The number of carboxylic acids is 1. The van der Waals surface area contributed by atoms with Gasteiger partial charge in [-0.1, -0.05) is 13.0 Å². The van der Waals surface area contributed by atoms with Crippen LogP contribution < -0.4 is 11.1 Å². The average molecular weight is 433 g/mol. The van der Waals surface area contributed by atoms with Crippen LogP contribution in [0.4, 0.5) is 0 Å². The van der Waals surface area contributed by atoms with Crippen LogP contribution in [0.3, 0.4) is 0 Å². The number of aliphatic carboxylic acids is 1. The summed E-state index contributed by atoms with van der Waals surface area (Å²) in [4.78, 5) is 18.7. The van der Waals surface area contributed by atoms with E-state index in [1.165, 1.54) is 7.11 Å². The molecule has 4 aliphatic rings. The fraction of sp³-hybridized carbons (Fsp3) is 0.739. The van der Waals surface area contributed by atoms with E-state index in [0.717, 1.165) is 25.0 Å². The average Bonchev–Trinajstić information content (AvgIpc) is 3.06. The van der Waals surface area contributed by atoms with Crippen LogP contribution in [0.2, 0.25) is 0 Å². The first-order valence-electron chi connectivity index (χ1n) is 11.2. The summed E-state index contributed by atoms with van der Waals surface area (Å²) < 4.78 is 5.35. The molecule has 2 bridgehead atoms. The zero-order valence-electron chi connectivity index (χ0n) is 19.0. The van der Waals surface area contributed by atoms with Crippen LogP contribution in [0.15, 0.2) is 28.4 Å². The van der Waals surface area contributed by atoms with Crippen molar-refractivity contribution in [3.63, 3.8) is 0 Å². The second kappa shape index (κ2) is 7.60. The fourth-order valence-electron chi connectivity index (χ4n) is 7.85. The minimum atomic E-state index is -1.49. The molecule has 3 aliphatic carbocycles. The maximum Gasteiger partial charge on any atom is 0.334 e. The summed E-state index contributed by atoms with van der Waals surface area (Å²) in [5, 5.41) is 25.2. The van der Waals surface area contributed by atoms with Gasteiger partial charge >= 0.3 is 5.97 Å². The Labute approximate surface area is 184 Å². The number of carbonyl (C=O) groups is 1. The molecule has 2 saturated carbocycles. The van der Waals surface area contributed by atoms with Crippen LogP contribution in [-0.2, 0) is 9.53 Å². The lowest BCUT2D eigenvalue weighted by molar-refractivity contribution is -0.138. The largest absolute Gasteiger partial charge is 0.478 e. The standard InChI is InChI=1S/C23H36N4O4/c1-14-5-6-15-9-17-18(19(28)29)21(30,13-31-4)11-22(14,17)23(15)12-27(20(24)26-3)8-7-16(23)10-25-2/h7-8,14-16,25,30H,5-6,9-13H2,1-4H3,(H2,24,26)(H,28,29). The quantitative estimate of drug-likeness (QED) is 0.380. The fourth-order valence-corrected chi connectivity index (χ4v) is 7.85. The van der Waals surface area contributed by atoms with Crippen LogP contribution in [0.1, 0.15) is 32.6 Å². The van der Waals surface area contributed by atoms with Gasteiger partial charge in [-0.15, -0.1) is 0 Å². The molecule has 1 aliphatic heterocycles. The molecule has 0 amide bonds. The number of nitrogens with zero attached hydrogens (tertiary/aromatic N) is 2. The Bertz CT molecular complexity index is 855. The molecule has 0 saturated heterocycles. The molecule has 6 atom stereocenters. The number of hydrogen-bond donors (Lipinski definition) is 4. The Kier molecular flexibility index (Phi) is 5.47. The number of nitrogens with two attached hydrogens (primary N) is 1. The van der Waals surface area contributed by atoms with Crippen LogP contribution >= 0.6 is 0 Å². The third kappa shape index (κ3) is 2.77. The number of aliphatic hydroxyl groups is 1. The zero-order chi connectivity index (χ0) is 22.6. The molecule has 2 spiro atoms. The Hall–Kier alpha value is -1.90. The van der Waals surface area contributed by atoms with Crippen molar-refractivity contribution in [1.29, 1.82) is 0 Å². The van der Waals surface area contributed by atoms with Crippen molar-refractivity contribution in [3.8, 4) is 0 Å². The molecule has 4 rings (SSSR count). The Balaban J connectivity index is 1.97. The van der Waals surface area contributed by atoms with E-state index in [1.807, 2.05) is 18.1 Å². The molecular weight excluding hydrogens is 396 g/mol. The van der Waals surface area contributed by atoms with Crippen LogP contribution in [0.5, 0.6) is 0 Å². The van der Waals surface area contributed by atoms with Crippen LogP contribution in [0.25, 0.3) is 0 Å². The Morgan fingerprint density at radius 1 is 1.45 bits per heavy atom. The number of aliphatic imine (C=N–C) groups is 1. The van der Waals surface area contributed by atoms with Crippen molar-refractivity contribution in [1.82, 2.24) is 10.2 Å². The SMILES string of the molecule is CN=C(N)N1C=CC(CNC)C2(C1)C1CCC(C)C23CC(O)(COC)C(C(=O)O)=C3C1. The zero-order valence-corrected chi connectivity index (χ0v) is 19.0. The molecule has 2 fully saturated rings. The molecule has 6 unspecified atom stereocenters. The number of guanidine groups is 1. The number of rotatable bonds is 5. The second-order valence-corrected chi connectivity index (χ2v) is 9.91. The van der Waals surface area contributed by atoms with Crippen LogP contribution in [-0.4, -0.2) is 73.5 Å². The molecule has 0 aromatic carbocycles. The lowest BCUT2D eigenvalue weighted by atomic mass is 9.46. The molecule has 5 N–H and O–H groups in total. The number of nitrogens with one attached hydrogen (secondary N) is 1. The lowest BCUT2D eigenvalue weighted by Crippen LogP contribution is -2.62. The minimum absolute atomic E-state index is 0.0118. The summed E-state index contributed by atoms with van der Waals surface area (Å²) in [7, 11) is 5.16. The van der Waals surface area contributed by atoms with Crippen molar-refractivity contribution in [2.24, 2.45) is 39.3 Å². The maximum absolute atomic E-state index is 12.5. The van der Waals surface area contributed by atoms with Crippen molar-refractivity contribution in [2.75, 3.05) is 40.9 Å². The van der Waals surface area contributed by atoms with Crippen LogP contribution in [0, 0.1) is 28.6 Å². The molecule has 1 heterocycles. The molecular formula is C23H36N4O4. The van der Waals surface area contributed by atoms with E-state index >= 15 is 0 Å². The van der Waals surface area contributed by atoms with Gasteiger partial charge in [0.25, 0.3) is 0 Å². The van der Waals surface area contributed by atoms with E-state index in [2.05, 4.69) is 23.3 Å². The summed E-state index contributed by atoms with van der Waals surface area (Å²) in [6.45, 7) is 3.68. The normalized spacial score (nSPS) is 41.9. The topological polar surface area (TPSA) is 120 Å². The van der Waals surface area contributed by atoms with Gasteiger partial charge in [-0.2, -0.15) is 0 Å². The molecule has 8 heteroatoms. The predicted molar refractivity (Wildman–Crippen MR) is 118 cm³/mol. The maximum atomic E-state index is 12.5. The molecule has 0 aromatic heterocycles. The minimum Gasteiger partial charge on any atom is -0.478 e. The van der Waals surface area contributed by atoms with E-state index < -0.39 is 17.0 Å². The summed E-state index contributed by atoms with van der Waals surface area (Å²) in [6, 6.07) is 0. The van der Waals surface area contributed by atoms with E-state index in [-0.39, 0.29) is 29.4 Å². The highest BCUT2D eigenvalue weighted by atomic mass is 16.5. The smallest absolute Gasteiger partial charge is 0.334 e. The number of allylic oxidation sites excluding steroid dienone is 1. The highest BCUT2D eigenvalue weighted by Gasteiger charge is 2.74. The van der Waals surface area contributed by atoms with Gasteiger partial charge in [-0.25, -0.2) is 4.79 Å². The van der Waals surface area contributed by atoms with Gasteiger partial charge in [0, 0.05) is 44.3 Å². The van der Waals surface area contributed by atoms with Gasteiger partial charge in [-0.05, 0) is 56.1 Å². The lowest BCUT2D eigenvalue weighted by Gasteiger charge is -2.61. The van der Waals surface area contributed by atoms with E-state index in [4.69, 9.17) is 10.5 Å². The highest BCUT2D eigenvalue weighted by Crippen LogP contribution is 2.77. The first-order chi connectivity index (χ1) is 14.7. The Morgan fingerprint density at radius 2 is 2.19 bits per heavy atom. The summed E-state index contributed by atoms with van der Waals surface area (Å²) in [5.41, 5.74) is 5.21. The van der Waals surface area contributed by atoms with Gasteiger partial charge in [0.05, 0.1) is 12.2 Å². The number of ether oxygens (including phenoxy) is 1. The first kappa shape index (κ1) is 22.3. The van der Waals surface area contributed by atoms with Crippen molar-refractivity contribution < 1.29 is 19.7 Å². The summed E-state index contributed by atoms with van der Waals surface area (Å²) in [5.74, 6) is 0.208. The van der Waals surface area contributed by atoms with Gasteiger partial charge in [0.2, 0.25) is 0 Å². The van der Waals surface area contributed by atoms with Gasteiger partial charge in [0.15, 0.2) is 5.96 Å². The molecule has 0 radical (unpaired) electrons. The van der Waals surface area contributed by atoms with Gasteiger partial charge in [-0.3, -0.25) is 4.99 Å². The van der Waals surface area contributed by atoms with Crippen molar-refractivity contribution >= 4 is 11.9 Å². The molecule has 0 aromatic rings. The third-order valence-corrected chi connectivity index (χ3v) is 8.81. The molecule has 8 nitrogen and oxygen atoms in total. The van der Waals surface area contributed by atoms with E-state index in [9.17, 15) is 15.0 Å². The van der Waals surface area contributed by atoms with Gasteiger partial charge in [0.1, 0.15) is 5.60 Å². The Morgan fingerprint density at radius 3 is 2.81 bits per heavy atom. The first-order valence-corrected chi connectivity index (χ1v) is 11.2. The van der Waals surface area contributed by atoms with Crippen molar-refractivity contribution in [2.45, 2.75) is 38.2 Å². The number of hydrogen-bond acceptors (Lipinski definition) is 5. The highest BCUT2D eigenvalue weighted by molar-refractivity contribution is 5.92. The number of carboxylic acid groups (broad SMARTS) is 1. The van der Waals surface area contributed by atoms with Gasteiger partial charge < -0.3 is 30.9 Å². The van der Waals surface area contributed by atoms with E-state index in [0.29, 0.717) is 31.3 Å². The molecule has 31 heavy (non-hydrogen) atoms. The number of methoxy groups -OCH3 is 1. The van der Waals surface area contributed by atoms with E-state index in [1.54, 1.807) is 7.05 Å². The predicted octanol–water partition coefficient (Wildman–Crippen LogP) is 1.18. The molecule has 172 valence electrons.